The molecule has 66 heavy (non-hydrogen) atoms. The molecule has 1 fully saturated rings. The Hall–Kier alpha value is -2.86. The standard InChI is InChI=1S/C47H78O17P2/c1-3-5-6-7-8-9-10-11-12-16-19-22-25-28-31-34-40(49)60-36-39(37-61-66(58,59)64-47-44(53)42(51)43(52)46(45(47)54)63-65(55,56)57)62-41(50)35-32-29-26-23-20-17-14-13-15-18-21-24-27-30-33-38(48)4-2/h5-6,8-9,11-12,14-15,17-18,23-24,26-27,38-39,42-48,51-54H,3-4,7,10,13,16,19-22,25,28-37H2,1-2H3,(H,58,59)(H2,55,56,57)/b6-5-,9-8-,12-11-,17-14-,18-15-,26-23-,27-24-/t38-,39-,42?,43?,44?,45?,46-,47+/m1/s1. The molecular formula is C47H78O17P2. The third-order valence-corrected chi connectivity index (χ3v) is 11.6. The molecule has 0 aromatic heterocycles. The first kappa shape index (κ1) is 61.2. The number of aliphatic hydroxyl groups excluding tert-OH is 5. The Morgan fingerprint density at radius 1 is 0.545 bits per heavy atom. The number of rotatable bonds is 37. The zero-order chi connectivity index (χ0) is 49.1. The first-order valence-corrected chi connectivity index (χ1v) is 26.2. The summed E-state index contributed by atoms with van der Waals surface area (Å²) in [4.78, 5) is 54.2. The highest BCUT2D eigenvalue weighted by Gasteiger charge is 2.54. The van der Waals surface area contributed by atoms with E-state index in [-0.39, 0.29) is 18.9 Å². The maximum atomic E-state index is 13.0. The summed E-state index contributed by atoms with van der Waals surface area (Å²) >= 11 is 0. The number of hydrogen-bond donors (Lipinski definition) is 8. The maximum Gasteiger partial charge on any atom is 0.472 e. The van der Waals surface area contributed by atoms with Crippen LogP contribution >= 0.6 is 15.6 Å². The summed E-state index contributed by atoms with van der Waals surface area (Å²) in [5.74, 6) is -1.32. The largest absolute Gasteiger partial charge is 0.472 e. The van der Waals surface area contributed by atoms with Gasteiger partial charge in [0.25, 0.3) is 0 Å². The van der Waals surface area contributed by atoms with Gasteiger partial charge < -0.3 is 49.7 Å². The molecule has 0 radical (unpaired) electrons. The zero-order valence-corrected chi connectivity index (χ0v) is 40.5. The van der Waals surface area contributed by atoms with E-state index in [9.17, 15) is 49.1 Å². The number of hydrogen-bond acceptors (Lipinski definition) is 14. The van der Waals surface area contributed by atoms with Gasteiger partial charge in [0.15, 0.2) is 6.10 Å². The number of phosphoric ester groups is 2. The fourth-order valence-electron chi connectivity index (χ4n) is 6.36. The molecule has 0 aliphatic heterocycles. The Morgan fingerprint density at radius 3 is 1.56 bits per heavy atom. The molecule has 1 aliphatic rings. The van der Waals surface area contributed by atoms with Crippen molar-refractivity contribution in [1.29, 1.82) is 0 Å². The summed E-state index contributed by atoms with van der Waals surface area (Å²) in [5, 5.41) is 50.8. The molecule has 1 rings (SSSR count). The molecule has 0 heterocycles. The summed E-state index contributed by atoms with van der Waals surface area (Å²) in [6, 6.07) is 0. The van der Waals surface area contributed by atoms with Gasteiger partial charge in [0.1, 0.15) is 43.2 Å². The summed E-state index contributed by atoms with van der Waals surface area (Å²) < 4.78 is 49.2. The van der Waals surface area contributed by atoms with Crippen LogP contribution in [0.25, 0.3) is 0 Å². The van der Waals surface area contributed by atoms with Crippen LogP contribution in [0.4, 0.5) is 0 Å². The van der Waals surface area contributed by atoms with Crippen LogP contribution in [-0.2, 0) is 41.8 Å². The second-order valence-electron chi connectivity index (χ2n) is 15.9. The predicted octanol–water partition coefficient (Wildman–Crippen LogP) is 7.58. The minimum Gasteiger partial charge on any atom is -0.462 e. The van der Waals surface area contributed by atoms with E-state index in [1.807, 2.05) is 31.2 Å². The van der Waals surface area contributed by atoms with Crippen molar-refractivity contribution in [3.05, 3.63) is 85.1 Å². The van der Waals surface area contributed by atoms with Crippen molar-refractivity contribution >= 4 is 27.6 Å². The van der Waals surface area contributed by atoms with Crippen LogP contribution in [0.15, 0.2) is 85.1 Å². The lowest BCUT2D eigenvalue weighted by molar-refractivity contribution is -0.216. The molecule has 19 heteroatoms. The smallest absolute Gasteiger partial charge is 0.462 e. The monoisotopic (exact) mass is 976 g/mol. The molecule has 0 bridgehead atoms. The Morgan fingerprint density at radius 2 is 1.02 bits per heavy atom. The number of aliphatic hydroxyl groups is 5. The van der Waals surface area contributed by atoms with Crippen LogP contribution < -0.4 is 0 Å². The van der Waals surface area contributed by atoms with Crippen molar-refractivity contribution in [2.75, 3.05) is 13.2 Å². The molecule has 0 aromatic carbocycles. The number of unbranched alkanes of at least 4 members (excludes halogenated alkanes) is 6. The SMILES string of the molecule is CC/C=C\C/C=C\C/C=C\CCCCCCCC(=O)OC[C@H](COP(=O)(O)O[C@H]1C(O)C(O)C(O)[C@@H](OP(=O)(O)O)C1O)OC(=O)CCC/C=C\C/C=C\C/C=C\C/C=C\CC[C@H](O)CC. The highest BCUT2D eigenvalue weighted by atomic mass is 31.2. The fraction of sp³-hybridized carbons (Fsp3) is 0.660. The zero-order valence-electron chi connectivity index (χ0n) is 38.7. The number of carbonyl (C=O) groups is 2. The number of esters is 2. The minimum atomic E-state index is -5.38. The molecule has 17 nitrogen and oxygen atoms in total. The normalized spacial score (nSPS) is 22.8. The Bertz CT molecular complexity index is 1620. The molecule has 0 amide bonds. The van der Waals surface area contributed by atoms with Crippen molar-refractivity contribution < 1.29 is 82.0 Å². The summed E-state index contributed by atoms with van der Waals surface area (Å²) in [6.45, 7) is 2.64. The van der Waals surface area contributed by atoms with Gasteiger partial charge in [0.2, 0.25) is 0 Å². The third-order valence-electron chi connectivity index (χ3n) is 10.1. The molecular weight excluding hydrogens is 898 g/mol. The van der Waals surface area contributed by atoms with Crippen LogP contribution in [0.1, 0.15) is 136 Å². The average molecular weight is 977 g/mol. The van der Waals surface area contributed by atoms with Crippen molar-refractivity contribution in [2.45, 2.75) is 185 Å². The van der Waals surface area contributed by atoms with Crippen LogP contribution in [0.5, 0.6) is 0 Å². The molecule has 9 atom stereocenters. The molecule has 5 unspecified atom stereocenters. The first-order valence-electron chi connectivity index (χ1n) is 23.2. The molecule has 1 aliphatic carbocycles. The quantitative estimate of drug-likeness (QED) is 0.0129. The van der Waals surface area contributed by atoms with Gasteiger partial charge in [-0.2, -0.15) is 0 Å². The van der Waals surface area contributed by atoms with Gasteiger partial charge in [-0.1, -0.05) is 118 Å². The van der Waals surface area contributed by atoms with E-state index in [1.165, 1.54) is 0 Å². The lowest BCUT2D eigenvalue weighted by Crippen LogP contribution is -2.64. The van der Waals surface area contributed by atoms with Crippen molar-refractivity contribution in [3.63, 3.8) is 0 Å². The highest BCUT2D eigenvalue weighted by molar-refractivity contribution is 7.47. The van der Waals surface area contributed by atoms with Gasteiger partial charge in [-0.3, -0.25) is 23.2 Å². The van der Waals surface area contributed by atoms with Crippen molar-refractivity contribution in [1.82, 2.24) is 0 Å². The van der Waals surface area contributed by atoms with Gasteiger partial charge >= 0.3 is 27.6 Å². The molecule has 1 saturated carbocycles. The number of ether oxygens (including phenoxy) is 2. The molecule has 0 aromatic rings. The average Bonchev–Trinajstić information content (AvgIpc) is 3.27. The van der Waals surface area contributed by atoms with Gasteiger partial charge in [-0.15, -0.1) is 0 Å². The molecule has 0 spiro atoms. The van der Waals surface area contributed by atoms with E-state index in [4.69, 9.17) is 28.3 Å². The van der Waals surface area contributed by atoms with Crippen LogP contribution in [0.2, 0.25) is 0 Å². The third kappa shape index (κ3) is 31.2. The second-order valence-corrected chi connectivity index (χ2v) is 18.5. The lowest BCUT2D eigenvalue weighted by Gasteiger charge is -2.43. The second kappa shape index (κ2) is 37.1. The van der Waals surface area contributed by atoms with Crippen molar-refractivity contribution in [2.24, 2.45) is 0 Å². The van der Waals surface area contributed by atoms with E-state index in [2.05, 4.69) is 72.2 Å². The van der Waals surface area contributed by atoms with Gasteiger partial charge in [0, 0.05) is 12.8 Å². The molecule has 8 N–H and O–H groups in total. The van der Waals surface area contributed by atoms with E-state index in [0.29, 0.717) is 25.7 Å². The predicted molar refractivity (Wildman–Crippen MR) is 251 cm³/mol. The first-order chi connectivity index (χ1) is 31.5. The summed E-state index contributed by atoms with van der Waals surface area (Å²) in [6.07, 6.45) is 27.8. The van der Waals surface area contributed by atoms with E-state index in [1.54, 1.807) is 0 Å². The maximum absolute atomic E-state index is 13.0. The number of allylic oxidation sites excluding steroid dienone is 14. The molecule has 378 valence electrons. The van der Waals surface area contributed by atoms with Gasteiger partial charge in [-0.25, -0.2) is 9.13 Å². The van der Waals surface area contributed by atoms with Gasteiger partial charge in [0.05, 0.1) is 12.7 Å². The van der Waals surface area contributed by atoms with E-state index >= 15 is 0 Å². The fourth-order valence-corrected chi connectivity index (χ4v) is 7.90. The van der Waals surface area contributed by atoms with Crippen LogP contribution in [-0.4, -0.2) is 114 Å². The van der Waals surface area contributed by atoms with E-state index in [0.717, 1.165) is 83.5 Å². The van der Waals surface area contributed by atoms with E-state index < -0.39 is 83.5 Å². The van der Waals surface area contributed by atoms with Crippen LogP contribution in [0, 0.1) is 0 Å². The highest BCUT2D eigenvalue weighted by Crippen LogP contribution is 2.49. The summed E-state index contributed by atoms with van der Waals surface area (Å²) in [7, 11) is -10.7. The Labute approximate surface area is 391 Å². The lowest BCUT2D eigenvalue weighted by atomic mass is 9.85. The van der Waals surface area contributed by atoms with Gasteiger partial charge in [-0.05, 0) is 89.9 Å². The Balaban J connectivity index is 2.66. The summed E-state index contributed by atoms with van der Waals surface area (Å²) in [5.41, 5.74) is 0. The van der Waals surface area contributed by atoms with Crippen LogP contribution in [0.3, 0.4) is 0 Å². The Kier molecular flexibility index (Phi) is 34.4. The minimum absolute atomic E-state index is 0.0538. The van der Waals surface area contributed by atoms with Crippen molar-refractivity contribution in [3.8, 4) is 0 Å². The number of phosphoric acid groups is 2. The topological polar surface area (TPSA) is 276 Å². The molecule has 0 saturated heterocycles. The number of carbonyl (C=O) groups excluding carboxylic acids is 2.